The van der Waals surface area contributed by atoms with Crippen molar-refractivity contribution in [1.82, 2.24) is 0 Å². The Labute approximate surface area is 217 Å². The van der Waals surface area contributed by atoms with Crippen LogP contribution < -0.4 is 10.4 Å². The third-order valence-electron chi connectivity index (χ3n) is 7.57. The molecule has 0 radical (unpaired) electrons. The Balaban J connectivity index is 1.60. The van der Waals surface area contributed by atoms with Gasteiger partial charge in [0.05, 0.1) is 0 Å². The molecular formula is C37H26. The summed E-state index contributed by atoms with van der Waals surface area (Å²) in [5, 5.41) is 5.20. The van der Waals surface area contributed by atoms with E-state index in [9.17, 15) is 0 Å². The molecule has 1 aliphatic carbocycles. The standard InChI is InChI=1S/C37H26/c1-3-13-26(14-4-1)29-23-24-34(32-20-10-9-19-31(29)32)36-25-28-17-7-8-18-30(28)37(27-15-5-2-6-16-27)35-22-12-11-21-33(35)36/h1-24H,25H2. The van der Waals surface area contributed by atoms with Crippen molar-refractivity contribution in [3.63, 3.8) is 0 Å². The van der Waals surface area contributed by atoms with E-state index in [4.69, 9.17) is 0 Å². The molecule has 6 aromatic carbocycles. The number of benzene rings is 6. The highest BCUT2D eigenvalue weighted by atomic mass is 14.2. The van der Waals surface area contributed by atoms with Crippen molar-refractivity contribution in [2.45, 2.75) is 6.42 Å². The predicted molar refractivity (Wildman–Crippen MR) is 156 cm³/mol. The molecule has 0 fully saturated rings. The Hall–Kier alpha value is -4.68. The van der Waals surface area contributed by atoms with Crippen LogP contribution in [0.15, 0.2) is 146 Å². The summed E-state index contributed by atoms with van der Waals surface area (Å²) >= 11 is 0. The van der Waals surface area contributed by atoms with Crippen LogP contribution in [-0.4, -0.2) is 0 Å². The fourth-order valence-electron chi connectivity index (χ4n) is 5.90. The molecule has 0 heterocycles. The lowest BCUT2D eigenvalue weighted by atomic mass is 9.88. The molecule has 0 spiro atoms. The van der Waals surface area contributed by atoms with Crippen LogP contribution in [0.2, 0.25) is 0 Å². The fraction of sp³-hybridized carbons (Fsp3) is 0.0270. The van der Waals surface area contributed by atoms with Crippen LogP contribution in [0.1, 0.15) is 22.3 Å². The zero-order valence-corrected chi connectivity index (χ0v) is 20.6. The molecule has 37 heavy (non-hydrogen) atoms. The summed E-state index contributed by atoms with van der Waals surface area (Å²) in [7, 11) is 0. The first-order chi connectivity index (χ1) is 18.4. The van der Waals surface area contributed by atoms with Crippen molar-refractivity contribution < 1.29 is 0 Å². The summed E-state index contributed by atoms with van der Waals surface area (Å²) in [6.07, 6.45) is 0.887. The second-order valence-corrected chi connectivity index (χ2v) is 9.67. The number of fused-ring (bicyclic) bond motifs is 3. The van der Waals surface area contributed by atoms with Crippen LogP contribution in [-0.2, 0) is 6.42 Å². The zero-order valence-electron chi connectivity index (χ0n) is 20.6. The highest BCUT2D eigenvalue weighted by Crippen LogP contribution is 2.35. The summed E-state index contributed by atoms with van der Waals surface area (Å²) in [5.41, 5.74) is 10.5. The van der Waals surface area contributed by atoms with Crippen LogP contribution in [0.3, 0.4) is 0 Å². The SMILES string of the molecule is c1ccc(C2=c3ccccc3=C(c3ccc(-c4ccccc4)c4ccccc34)Cc3ccccc32)cc1. The van der Waals surface area contributed by atoms with E-state index in [2.05, 4.69) is 146 Å². The first-order valence-electron chi connectivity index (χ1n) is 12.9. The van der Waals surface area contributed by atoms with Gasteiger partial charge in [-0.05, 0) is 72.2 Å². The van der Waals surface area contributed by atoms with Crippen LogP contribution in [0.5, 0.6) is 0 Å². The maximum Gasteiger partial charge on any atom is -0.000727 e. The maximum atomic E-state index is 2.34. The molecule has 7 rings (SSSR count). The van der Waals surface area contributed by atoms with Gasteiger partial charge < -0.3 is 0 Å². The van der Waals surface area contributed by atoms with Crippen LogP contribution in [0.4, 0.5) is 0 Å². The second-order valence-electron chi connectivity index (χ2n) is 9.67. The second kappa shape index (κ2) is 9.08. The maximum absolute atomic E-state index is 2.34. The number of hydrogen-bond acceptors (Lipinski definition) is 0. The first kappa shape index (κ1) is 21.6. The van der Waals surface area contributed by atoms with E-state index >= 15 is 0 Å². The minimum atomic E-state index is 0.887. The molecule has 0 saturated heterocycles. The third-order valence-corrected chi connectivity index (χ3v) is 7.57. The summed E-state index contributed by atoms with van der Waals surface area (Å²) in [5.74, 6) is 0. The first-order valence-corrected chi connectivity index (χ1v) is 12.9. The highest BCUT2D eigenvalue weighted by molar-refractivity contribution is 6.03. The lowest BCUT2D eigenvalue weighted by Crippen LogP contribution is -2.29. The van der Waals surface area contributed by atoms with Crippen molar-refractivity contribution >= 4 is 21.9 Å². The Morgan fingerprint density at radius 2 is 0.892 bits per heavy atom. The Bertz CT molecular complexity index is 1880. The van der Waals surface area contributed by atoms with Crippen molar-refractivity contribution in [3.8, 4) is 11.1 Å². The van der Waals surface area contributed by atoms with Crippen molar-refractivity contribution in [1.29, 1.82) is 0 Å². The molecule has 0 unspecified atom stereocenters. The Morgan fingerprint density at radius 1 is 0.351 bits per heavy atom. The highest BCUT2D eigenvalue weighted by Gasteiger charge is 2.19. The predicted octanol–water partition coefficient (Wildman–Crippen LogP) is 7.51. The Morgan fingerprint density at radius 3 is 1.65 bits per heavy atom. The Kier molecular flexibility index (Phi) is 5.30. The number of hydrogen-bond donors (Lipinski definition) is 0. The van der Waals surface area contributed by atoms with Crippen molar-refractivity contribution in [3.05, 3.63) is 178 Å². The molecule has 6 aromatic rings. The normalized spacial score (nSPS) is 12.6. The van der Waals surface area contributed by atoms with Gasteiger partial charge in [-0.15, -0.1) is 0 Å². The monoisotopic (exact) mass is 470 g/mol. The lowest BCUT2D eigenvalue weighted by molar-refractivity contribution is 1.26. The molecule has 0 atom stereocenters. The molecule has 0 aliphatic heterocycles. The largest absolute Gasteiger partial charge is 0.0622 e. The minimum Gasteiger partial charge on any atom is -0.0622 e. The van der Waals surface area contributed by atoms with Gasteiger partial charge in [0.1, 0.15) is 0 Å². The smallest absolute Gasteiger partial charge is 0.000727 e. The van der Waals surface area contributed by atoms with E-state index < -0.39 is 0 Å². The van der Waals surface area contributed by atoms with Gasteiger partial charge in [-0.2, -0.15) is 0 Å². The van der Waals surface area contributed by atoms with E-state index in [1.165, 1.54) is 65.7 Å². The summed E-state index contributed by atoms with van der Waals surface area (Å²) in [6, 6.07) is 52.9. The molecule has 0 nitrogen and oxygen atoms in total. The summed E-state index contributed by atoms with van der Waals surface area (Å²) in [6.45, 7) is 0. The fourth-order valence-corrected chi connectivity index (χ4v) is 5.90. The van der Waals surface area contributed by atoms with Gasteiger partial charge in [0, 0.05) is 0 Å². The molecule has 0 heteroatoms. The third kappa shape index (κ3) is 3.70. The summed E-state index contributed by atoms with van der Waals surface area (Å²) in [4.78, 5) is 0. The quantitative estimate of drug-likeness (QED) is 0.251. The van der Waals surface area contributed by atoms with E-state index in [-0.39, 0.29) is 0 Å². The van der Waals surface area contributed by atoms with Crippen LogP contribution in [0, 0.1) is 0 Å². The molecule has 0 bridgehead atoms. The van der Waals surface area contributed by atoms with E-state index in [0.717, 1.165) is 6.42 Å². The zero-order chi connectivity index (χ0) is 24.6. The molecule has 0 amide bonds. The van der Waals surface area contributed by atoms with Crippen molar-refractivity contribution in [2.24, 2.45) is 0 Å². The van der Waals surface area contributed by atoms with Crippen LogP contribution in [0.25, 0.3) is 33.0 Å². The van der Waals surface area contributed by atoms with Gasteiger partial charge in [0.25, 0.3) is 0 Å². The van der Waals surface area contributed by atoms with Gasteiger partial charge in [0.2, 0.25) is 0 Å². The van der Waals surface area contributed by atoms with E-state index in [1.54, 1.807) is 0 Å². The topological polar surface area (TPSA) is 0 Å². The lowest BCUT2D eigenvalue weighted by Gasteiger charge is -2.16. The van der Waals surface area contributed by atoms with Gasteiger partial charge >= 0.3 is 0 Å². The minimum absolute atomic E-state index is 0.887. The average molecular weight is 471 g/mol. The molecule has 174 valence electrons. The van der Waals surface area contributed by atoms with Crippen LogP contribution >= 0.6 is 0 Å². The summed E-state index contributed by atoms with van der Waals surface area (Å²) < 4.78 is 0. The van der Waals surface area contributed by atoms with Gasteiger partial charge in [-0.3, -0.25) is 0 Å². The molecule has 0 N–H and O–H groups in total. The van der Waals surface area contributed by atoms with Gasteiger partial charge in [-0.1, -0.05) is 146 Å². The van der Waals surface area contributed by atoms with Crippen molar-refractivity contribution in [2.75, 3.05) is 0 Å². The van der Waals surface area contributed by atoms with E-state index in [1.807, 2.05) is 0 Å². The molecule has 1 aliphatic rings. The molecular weight excluding hydrogens is 444 g/mol. The molecule has 0 aromatic heterocycles. The molecule has 0 saturated carbocycles. The average Bonchev–Trinajstić information content (AvgIpc) is 3.12. The number of rotatable bonds is 3. The van der Waals surface area contributed by atoms with E-state index in [0.29, 0.717) is 0 Å². The van der Waals surface area contributed by atoms with Gasteiger partial charge in [-0.25, -0.2) is 0 Å². The van der Waals surface area contributed by atoms with Gasteiger partial charge in [0.15, 0.2) is 0 Å².